The predicted octanol–water partition coefficient (Wildman–Crippen LogP) is 1.44. The summed E-state index contributed by atoms with van der Waals surface area (Å²) in [4.78, 5) is 23.8. The lowest BCUT2D eigenvalue weighted by molar-refractivity contribution is 0.349. The Morgan fingerprint density at radius 3 is 2.39 bits per heavy atom. The van der Waals surface area contributed by atoms with Crippen LogP contribution in [0.25, 0.3) is 0 Å². The molecular formula is C13H23N3O2. The van der Waals surface area contributed by atoms with Crippen molar-refractivity contribution in [3.63, 3.8) is 0 Å². The molecule has 18 heavy (non-hydrogen) atoms. The van der Waals surface area contributed by atoms with Gasteiger partial charge in [-0.2, -0.15) is 0 Å². The normalized spacial score (nSPS) is 11.8. The van der Waals surface area contributed by atoms with E-state index in [1.165, 1.54) is 15.3 Å². The van der Waals surface area contributed by atoms with Gasteiger partial charge >= 0.3 is 5.69 Å². The van der Waals surface area contributed by atoms with Gasteiger partial charge in [0.2, 0.25) is 0 Å². The molecule has 0 aliphatic rings. The lowest BCUT2D eigenvalue weighted by atomic mass is 9.91. The van der Waals surface area contributed by atoms with Gasteiger partial charge in [0.15, 0.2) is 0 Å². The fraction of sp³-hybridized carbons (Fsp3) is 0.692. The molecule has 0 radical (unpaired) electrons. The summed E-state index contributed by atoms with van der Waals surface area (Å²) in [6.45, 7) is 9.21. The predicted molar refractivity (Wildman–Crippen MR) is 73.7 cm³/mol. The standard InChI is InChI=1S/C13H23N3O2/c1-5-15-9-10(14)11(17)16(12(15)18)8-6-7-13(2,3)4/h9H,5-8,14H2,1-4H3. The minimum atomic E-state index is -0.376. The molecule has 0 fully saturated rings. The largest absolute Gasteiger partial charge is 0.393 e. The van der Waals surface area contributed by atoms with Gasteiger partial charge in [-0.1, -0.05) is 20.8 Å². The number of nitrogen functional groups attached to an aromatic ring is 1. The van der Waals surface area contributed by atoms with Crippen LogP contribution < -0.4 is 17.0 Å². The maximum absolute atomic E-state index is 12.0. The molecule has 0 saturated carbocycles. The monoisotopic (exact) mass is 253 g/mol. The first-order valence-corrected chi connectivity index (χ1v) is 6.36. The number of aromatic nitrogens is 2. The van der Waals surface area contributed by atoms with Crippen LogP contribution >= 0.6 is 0 Å². The number of nitrogens with zero attached hydrogens (tertiary/aromatic N) is 2. The number of nitrogens with two attached hydrogens (primary N) is 1. The average molecular weight is 253 g/mol. The summed E-state index contributed by atoms with van der Waals surface area (Å²) in [5, 5.41) is 0. The highest BCUT2D eigenvalue weighted by Gasteiger charge is 2.12. The second kappa shape index (κ2) is 5.42. The highest BCUT2D eigenvalue weighted by Crippen LogP contribution is 2.20. The molecule has 0 aliphatic heterocycles. The molecule has 1 aromatic heterocycles. The van der Waals surface area contributed by atoms with Crippen molar-refractivity contribution >= 4 is 5.69 Å². The van der Waals surface area contributed by atoms with Gasteiger partial charge in [0.25, 0.3) is 5.56 Å². The summed E-state index contributed by atoms with van der Waals surface area (Å²) in [7, 11) is 0. The van der Waals surface area contributed by atoms with Crippen molar-refractivity contribution in [1.82, 2.24) is 9.13 Å². The molecule has 1 rings (SSSR count). The minimum Gasteiger partial charge on any atom is -0.393 e. The van der Waals surface area contributed by atoms with Gasteiger partial charge < -0.3 is 5.73 Å². The van der Waals surface area contributed by atoms with Crippen LogP contribution in [0.5, 0.6) is 0 Å². The molecule has 0 unspecified atom stereocenters. The second-order valence-corrected chi connectivity index (χ2v) is 5.77. The van der Waals surface area contributed by atoms with E-state index in [2.05, 4.69) is 20.8 Å². The van der Waals surface area contributed by atoms with Crippen molar-refractivity contribution in [1.29, 1.82) is 0 Å². The fourth-order valence-electron chi connectivity index (χ4n) is 1.87. The maximum Gasteiger partial charge on any atom is 0.331 e. The Morgan fingerprint density at radius 1 is 1.28 bits per heavy atom. The molecule has 0 spiro atoms. The maximum atomic E-state index is 12.0. The van der Waals surface area contributed by atoms with Crippen molar-refractivity contribution in [2.45, 2.75) is 53.6 Å². The summed E-state index contributed by atoms with van der Waals surface area (Å²) in [5.74, 6) is 0. The van der Waals surface area contributed by atoms with Crippen molar-refractivity contribution in [3.8, 4) is 0 Å². The quantitative estimate of drug-likeness (QED) is 0.882. The average Bonchev–Trinajstić information content (AvgIpc) is 2.26. The molecule has 1 aromatic rings. The van der Waals surface area contributed by atoms with Crippen LogP contribution in [-0.2, 0) is 13.1 Å². The first-order valence-electron chi connectivity index (χ1n) is 6.36. The van der Waals surface area contributed by atoms with Gasteiger partial charge in [-0.25, -0.2) is 4.79 Å². The van der Waals surface area contributed by atoms with Crippen LogP contribution in [0, 0.1) is 5.41 Å². The molecule has 5 nitrogen and oxygen atoms in total. The number of hydrogen-bond acceptors (Lipinski definition) is 3. The molecule has 0 aromatic carbocycles. The highest BCUT2D eigenvalue weighted by molar-refractivity contribution is 5.30. The van der Waals surface area contributed by atoms with Crippen LogP contribution in [-0.4, -0.2) is 9.13 Å². The van der Waals surface area contributed by atoms with E-state index in [9.17, 15) is 9.59 Å². The van der Waals surface area contributed by atoms with Gasteiger partial charge in [0.1, 0.15) is 5.69 Å². The van der Waals surface area contributed by atoms with E-state index in [-0.39, 0.29) is 22.4 Å². The third-order valence-electron chi connectivity index (χ3n) is 2.91. The molecule has 0 aliphatic carbocycles. The minimum absolute atomic E-state index is 0.132. The van der Waals surface area contributed by atoms with Crippen molar-refractivity contribution in [2.24, 2.45) is 5.41 Å². The zero-order valence-electron chi connectivity index (χ0n) is 11.7. The van der Waals surface area contributed by atoms with Crippen LogP contribution in [0.4, 0.5) is 5.69 Å². The van der Waals surface area contributed by atoms with E-state index in [4.69, 9.17) is 5.73 Å². The zero-order chi connectivity index (χ0) is 13.9. The van der Waals surface area contributed by atoms with Crippen molar-refractivity contribution < 1.29 is 0 Å². The second-order valence-electron chi connectivity index (χ2n) is 5.77. The first-order chi connectivity index (χ1) is 8.26. The summed E-state index contributed by atoms with van der Waals surface area (Å²) in [6.07, 6.45) is 3.18. The Labute approximate surface area is 107 Å². The SMILES string of the molecule is CCn1cc(N)c(=O)n(CCCC(C)(C)C)c1=O. The van der Waals surface area contributed by atoms with Gasteiger partial charge in [-0.15, -0.1) is 0 Å². The van der Waals surface area contributed by atoms with Crippen LogP contribution in [0.1, 0.15) is 40.5 Å². The fourth-order valence-corrected chi connectivity index (χ4v) is 1.87. The molecule has 102 valence electrons. The molecule has 2 N–H and O–H groups in total. The first kappa shape index (κ1) is 14.5. The molecule has 0 amide bonds. The molecular weight excluding hydrogens is 230 g/mol. The summed E-state index contributed by atoms with van der Waals surface area (Å²) in [6, 6.07) is 0. The molecule has 1 heterocycles. The molecule has 0 bridgehead atoms. The lowest BCUT2D eigenvalue weighted by Gasteiger charge is -2.18. The van der Waals surface area contributed by atoms with Crippen LogP contribution in [0.2, 0.25) is 0 Å². The third-order valence-corrected chi connectivity index (χ3v) is 2.91. The summed E-state index contributed by atoms with van der Waals surface area (Å²) >= 11 is 0. The topological polar surface area (TPSA) is 70.0 Å². The van der Waals surface area contributed by atoms with Gasteiger partial charge in [-0.05, 0) is 25.2 Å². The number of aryl methyl sites for hydroxylation is 1. The summed E-state index contributed by atoms with van der Waals surface area (Å²) in [5.41, 5.74) is 5.32. The Hall–Kier alpha value is -1.52. The van der Waals surface area contributed by atoms with Crippen LogP contribution in [0.3, 0.4) is 0 Å². The van der Waals surface area contributed by atoms with E-state index >= 15 is 0 Å². The van der Waals surface area contributed by atoms with E-state index in [0.717, 1.165) is 12.8 Å². The van der Waals surface area contributed by atoms with Crippen molar-refractivity contribution in [2.75, 3.05) is 5.73 Å². The Morgan fingerprint density at radius 2 is 1.89 bits per heavy atom. The van der Waals surface area contributed by atoms with E-state index in [0.29, 0.717) is 13.1 Å². The van der Waals surface area contributed by atoms with Gasteiger partial charge in [0, 0.05) is 19.3 Å². The van der Waals surface area contributed by atoms with Crippen molar-refractivity contribution in [3.05, 3.63) is 27.0 Å². The summed E-state index contributed by atoms with van der Waals surface area (Å²) < 4.78 is 2.71. The Bertz CT molecular complexity index is 521. The Kier molecular flexibility index (Phi) is 4.38. The number of hydrogen-bond donors (Lipinski definition) is 1. The van der Waals surface area contributed by atoms with E-state index < -0.39 is 0 Å². The third kappa shape index (κ3) is 3.48. The lowest BCUT2D eigenvalue weighted by Crippen LogP contribution is -2.40. The Balaban J connectivity index is 2.99. The van der Waals surface area contributed by atoms with Crippen LogP contribution in [0.15, 0.2) is 15.8 Å². The molecule has 5 heteroatoms. The zero-order valence-corrected chi connectivity index (χ0v) is 11.7. The smallest absolute Gasteiger partial charge is 0.331 e. The molecule has 0 atom stereocenters. The van der Waals surface area contributed by atoms with E-state index in [1.807, 2.05) is 6.92 Å². The molecule has 0 saturated heterocycles. The van der Waals surface area contributed by atoms with Gasteiger partial charge in [-0.3, -0.25) is 13.9 Å². The van der Waals surface area contributed by atoms with E-state index in [1.54, 1.807) is 0 Å². The number of rotatable bonds is 4. The number of anilines is 1. The highest BCUT2D eigenvalue weighted by atomic mass is 16.2. The van der Waals surface area contributed by atoms with Gasteiger partial charge in [0.05, 0.1) is 0 Å².